The third-order valence-corrected chi connectivity index (χ3v) is 3.66. The van der Waals surface area contributed by atoms with Gasteiger partial charge >= 0.3 is 5.97 Å². The van der Waals surface area contributed by atoms with Crippen LogP contribution in [-0.2, 0) is 9.59 Å². The van der Waals surface area contributed by atoms with Crippen molar-refractivity contribution in [2.24, 2.45) is 5.92 Å². The molecule has 2 N–H and O–H groups in total. The lowest BCUT2D eigenvalue weighted by molar-refractivity contribution is -0.138. The Morgan fingerprint density at radius 1 is 1.42 bits per heavy atom. The lowest BCUT2D eigenvalue weighted by Crippen LogP contribution is -2.31. The molecule has 1 heterocycles. The van der Waals surface area contributed by atoms with Crippen molar-refractivity contribution in [2.45, 2.75) is 24.7 Å². The molecule has 0 radical (unpaired) electrons. The molecule has 104 valence electrons. The van der Waals surface area contributed by atoms with Crippen molar-refractivity contribution in [3.63, 3.8) is 0 Å². The Hall–Kier alpha value is -1.56. The Kier molecular flexibility index (Phi) is 6.95. The average molecular weight is 282 g/mol. The van der Waals surface area contributed by atoms with E-state index in [-0.39, 0.29) is 18.2 Å². The van der Waals surface area contributed by atoms with Crippen LogP contribution in [0.5, 0.6) is 0 Å². The predicted octanol–water partition coefficient (Wildman–Crippen LogP) is 1.79. The Morgan fingerprint density at radius 2 is 2.11 bits per heavy atom. The van der Waals surface area contributed by atoms with Crippen molar-refractivity contribution >= 4 is 23.6 Å². The molecule has 1 unspecified atom stereocenters. The first-order chi connectivity index (χ1) is 9.11. The van der Waals surface area contributed by atoms with Gasteiger partial charge in [-0.15, -0.1) is 11.8 Å². The summed E-state index contributed by atoms with van der Waals surface area (Å²) in [5.74, 6) is -0.585. The minimum absolute atomic E-state index is 0.00706. The molecule has 0 fully saturated rings. The molecule has 0 spiro atoms. The molecule has 0 aromatic carbocycles. The number of thioether (sulfide) groups is 1. The van der Waals surface area contributed by atoms with Crippen molar-refractivity contribution in [1.29, 1.82) is 0 Å². The smallest absolute Gasteiger partial charge is 0.303 e. The fourth-order valence-corrected chi connectivity index (χ4v) is 2.21. The van der Waals surface area contributed by atoms with Crippen LogP contribution in [0.2, 0.25) is 0 Å². The number of amides is 1. The molecule has 1 aromatic heterocycles. The second kappa shape index (κ2) is 8.53. The first kappa shape index (κ1) is 15.5. The van der Waals surface area contributed by atoms with Crippen LogP contribution >= 0.6 is 11.8 Å². The number of nitrogens with one attached hydrogen (secondary N) is 1. The Bertz CT molecular complexity index is 412. The van der Waals surface area contributed by atoms with Crippen LogP contribution in [-0.4, -0.2) is 34.3 Å². The fraction of sp³-hybridized carbons (Fsp3) is 0.462. The van der Waals surface area contributed by atoms with Crippen molar-refractivity contribution in [3.05, 3.63) is 24.5 Å². The molecule has 0 saturated carbocycles. The van der Waals surface area contributed by atoms with Gasteiger partial charge in [-0.1, -0.05) is 13.3 Å². The van der Waals surface area contributed by atoms with E-state index >= 15 is 0 Å². The zero-order chi connectivity index (χ0) is 14.1. The van der Waals surface area contributed by atoms with E-state index in [2.05, 4.69) is 10.3 Å². The van der Waals surface area contributed by atoms with E-state index in [1.807, 2.05) is 19.1 Å². The summed E-state index contributed by atoms with van der Waals surface area (Å²) in [7, 11) is 0. The Labute approximate surface area is 116 Å². The molecule has 19 heavy (non-hydrogen) atoms. The number of carbonyl (C=O) groups is 2. The molecule has 1 atom stereocenters. The third-order valence-electron chi connectivity index (χ3n) is 2.65. The normalized spacial score (nSPS) is 11.8. The van der Waals surface area contributed by atoms with E-state index in [9.17, 15) is 9.59 Å². The van der Waals surface area contributed by atoms with Gasteiger partial charge in [-0.25, -0.2) is 0 Å². The zero-order valence-electron chi connectivity index (χ0n) is 10.8. The van der Waals surface area contributed by atoms with Gasteiger partial charge in [0.25, 0.3) is 0 Å². The van der Waals surface area contributed by atoms with Gasteiger partial charge in [0.1, 0.15) is 0 Å². The lowest BCUT2D eigenvalue weighted by atomic mass is 10.0. The van der Waals surface area contributed by atoms with Gasteiger partial charge in [0.05, 0.1) is 5.75 Å². The molecule has 0 aliphatic rings. The van der Waals surface area contributed by atoms with Crippen molar-refractivity contribution in [1.82, 2.24) is 10.3 Å². The topological polar surface area (TPSA) is 79.3 Å². The summed E-state index contributed by atoms with van der Waals surface area (Å²) in [6.45, 7) is 2.34. The monoisotopic (exact) mass is 282 g/mol. The predicted molar refractivity (Wildman–Crippen MR) is 74.0 cm³/mol. The van der Waals surface area contributed by atoms with E-state index in [1.165, 1.54) is 11.8 Å². The molecule has 5 nitrogen and oxygen atoms in total. The van der Waals surface area contributed by atoms with Gasteiger partial charge in [-0.05, 0) is 18.1 Å². The number of pyridine rings is 1. The highest BCUT2D eigenvalue weighted by atomic mass is 32.2. The summed E-state index contributed by atoms with van der Waals surface area (Å²) >= 11 is 1.43. The number of carboxylic acids is 1. The largest absolute Gasteiger partial charge is 0.481 e. The molecule has 0 aliphatic carbocycles. The Morgan fingerprint density at radius 3 is 2.68 bits per heavy atom. The summed E-state index contributed by atoms with van der Waals surface area (Å²) in [5.41, 5.74) is 0. The van der Waals surface area contributed by atoms with Gasteiger partial charge in [0, 0.05) is 30.3 Å². The van der Waals surface area contributed by atoms with Crippen LogP contribution in [0.4, 0.5) is 0 Å². The number of carboxylic acid groups (broad SMARTS) is 1. The maximum Gasteiger partial charge on any atom is 0.303 e. The SMILES string of the molecule is CCC(CNC(=O)CSc1ccncc1)CC(=O)O. The van der Waals surface area contributed by atoms with Crippen LogP contribution in [0.15, 0.2) is 29.4 Å². The van der Waals surface area contributed by atoms with Crippen LogP contribution in [0, 0.1) is 5.92 Å². The van der Waals surface area contributed by atoms with Gasteiger partial charge < -0.3 is 10.4 Å². The third kappa shape index (κ3) is 6.81. The van der Waals surface area contributed by atoms with E-state index in [0.717, 1.165) is 11.3 Å². The fourth-order valence-electron chi connectivity index (χ4n) is 1.50. The van der Waals surface area contributed by atoms with Gasteiger partial charge in [0.15, 0.2) is 0 Å². The second-order valence-corrected chi connectivity index (χ2v) is 5.20. The molecule has 1 rings (SSSR count). The molecule has 0 bridgehead atoms. The summed E-state index contributed by atoms with van der Waals surface area (Å²) in [5, 5.41) is 11.5. The number of nitrogens with zero attached hydrogens (tertiary/aromatic N) is 1. The van der Waals surface area contributed by atoms with Crippen LogP contribution < -0.4 is 5.32 Å². The highest BCUT2D eigenvalue weighted by molar-refractivity contribution is 8.00. The summed E-state index contributed by atoms with van der Waals surface area (Å²) in [6, 6.07) is 3.69. The molecular weight excluding hydrogens is 264 g/mol. The van der Waals surface area contributed by atoms with Crippen molar-refractivity contribution in [3.8, 4) is 0 Å². The van der Waals surface area contributed by atoms with Gasteiger partial charge in [-0.2, -0.15) is 0 Å². The molecule has 0 saturated heterocycles. The molecule has 0 aliphatic heterocycles. The van der Waals surface area contributed by atoms with Crippen molar-refractivity contribution in [2.75, 3.05) is 12.3 Å². The van der Waals surface area contributed by atoms with Crippen LogP contribution in [0.25, 0.3) is 0 Å². The van der Waals surface area contributed by atoms with Gasteiger partial charge in [-0.3, -0.25) is 14.6 Å². The first-order valence-corrected chi connectivity index (χ1v) is 7.11. The van der Waals surface area contributed by atoms with E-state index < -0.39 is 5.97 Å². The second-order valence-electron chi connectivity index (χ2n) is 4.15. The molecule has 1 amide bonds. The average Bonchev–Trinajstić information content (AvgIpc) is 2.42. The standard InChI is InChI=1S/C13H18N2O3S/c1-2-10(7-13(17)18)8-15-12(16)9-19-11-3-5-14-6-4-11/h3-6,10H,2,7-9H2,1H3,(H,15,16)(H,17,18). The van der Waals surface area contributed by atoms with Crippen molar-refractivity contribution < 1.29 is 14.7 Å². The maximum absolute atomic E-state index is 11.6. The minimum Gasteiger partial charge on any atom is -0.481 e. The number of hydrogen-bond acceptors (Lipinski definition) is 4. The number of hydrogen-bond donors (Lipinski definition) is 2. The highest BCUT2D eigenvalue weighted by Crippen LogP contribution is 2.15. The summed E-state index contributed by atoms with van der Waals surface area (Å²) in [6.07, 6.45) is 4.19. The molecular formula is C13H18N2O3S. The number of rotatable bonds is 8. The Balaban J connectivity index is 2.25. The number of aliphatic carboxylic acids is 1. The quantitative estimate of drug-likeness (QED) is 0.711. The first-order valence-electron chi connectivity index (χ1n) is 6.13. The molecule has 1 aromatic rings. The highest BCUT2D eigenvalue weighted by Gasteiger charge is 2.12. The van der Waals surface area contributed by atoms with E-state index in [4.69, 9.17) is 5.11 Å². The number of carbonyl (C=O) groups excluding carboxylic acids is 1. The van der Waals surface area contributed by atoms with Crippen LogP contribution in [0.1, 0.15) is 19.8 Å². The number of aromatic nitrogens is 1. The molecule has 6 heteroatoms. The van der Waals surface area contributed by atoms with Gasteiger partial charge in [0.2, 0.25) is 5.91 Å². The van der Waals surface area contributed by atoms with E-state index in [1.54, 1.807) is 12.4 Å². The van der Waals surface area contributed by atoms with Crippen LogP contribution in [0.3, 0.4) is 0 Å². The minimum atomic E-state index is -0.827. The summed E-state index contributed by atoms with van der Waals surface area (Å²) < 4.78 is 0. The zero-order valence-corrected chi connectivity index (χ0v) is 11.7. The lowest BCUT2D eigenvalue weighted by Gasteiger charge is -2.13. The maximum atomic E-state index is 11.6. The summed E-state index contributed by atoms with van der Waals surface area (Å²) in [4.78, 5) is 27.1. The van der Waals surface area contributed by atoms with E-state index in [0.29, 0.717) is 12.3 Å².